The lowest BCUT2D eigenvalue weighted by atomic mass is 10.0. The van der Waals surface area contributed by atoms with Gasteiger partial charge in [0.25, 0.3) is 0 Å². The Morgan fingerprint density at radius 1 is 1.20 bits per heavy atom. The summed E-state index contributed by atoms with van der Waals surface area (Å²) in [5, 5.41) is 11.3. The Bertz CT molecular complexity index is 837. The Labute approximate surface area is 146 Å². The maximum atomic E-state index is 12.2. The fourth-order valence-corrected chi connectivity index (χ4v) is 3.30. The number of imidazole rings is 1. The van der Waals surface area contributed by atoms with Crippen molar-refractivity contribution in [3.8, 4) is 11.3 Å². The molecule has 1 fully saturated rings. The molecule has 1 saturated heterocycles. The zero-order chi connectivity index (χ0) is 17.1. The first-order chi connectivity index (χ1) is 12.3. The van der Waals surface area contributed by atoms with Gasteiger partial charge in [0, 0.05) is 18.2 Å². The molecule has 2 aromatic heterocycles. The van der Waals surface area contributed by atoms with Gasteiger partial charge >= 0.3 is 0 Å². The van der Waals surface area contributed by atoms with Crippen LogP contribution in [0.1, 0.15) is 30.9 Å². The van der Waals surface area contributed by atoms with Gasteiger partial charge in [-0.25, -0.2) is 9.50 Å². The third kappa shape index (κ3) is 3.35. The lowest BCUT2D eigenvalue weighted by Gasteiger charge is -2.11. The number of alkyl halides is 1. The van der Waals surface area contributed by atoms with Gasteiger partial charge in [-0.3, -0.25) is 4.39 Å². The monoisotopic (exact) mass is 339 g/mol. The maximum Gasteiger partial charge on any atom is 0.154 e. The molecule has 25 heavy (non-hydrogen) atoms. The lowest BCUT2D eigenvalue weighted by Crippen LogP contribution is -2.12. The van der Waals surface area contributed by atoms with Crippen LogP contribution in [0.2, 0.25) is 0 Å². The number of nitrogens with one attached hydrogen (secondary N) is 2. The topological polar surface area (TPSA) is 54.2 Å². The zero-order valence-electron chi connectivity index (χ0n) is 14.1. The highest BCUT2D eigenvalue weighted by molar-refractivity contribution is 5.64. The van der Waals surface area contributed by atoms with Gasteiger partial charge in [-0.1, -0.05) is 24.3 Å². The second kappa shape index (κ2) is 7.19. The van der Waals surface area contributed by atoms with E-state index < -0.39 is 0 Å². The van der Waals surface area contributed by atoms with Crippen molar-refractivity contribution in [2.24, 2.45) is 0 Å². The van der Waals surface area contributed by atoms with Crippen molar-refractivity contribution >= 4 is 11.5 Å². The number of rotatable bonds is 6. The van der Waals surface area contributed by atoms with Gasteiger partial charge in [-0.05, 0) is 43.5 Å². The predicted octanol–water partition coefficient (Wildman–Crippen LogP) is 3.59. The second-order valence-electron chi connectivity index (χ2n) is 6.37. The molecule has 0 saturated carbocycles. The van der Waals surface area contributed by atoms with E-state index in [4.69, 9.17) is 0 Å². The number of hydrogen-bond acceptors (Lipinski definition) is 4. The van der Waals surface area contributed by atoms with E-state index in [-0.39, 0.29) is 6.67 Å². The number of anilines is 1. The summed E-state index contributed by atoms with van der Waals surface area (Å²) in [6, 6.07) is 12.9. The largest absolute Gasteiger partial charge is 0.369 e. The van der Waals surface area contributed by atoms with Gasteiger partial charge in [0.2, 0.25) is 0 Å². The van der Waals surface area contributed by atoms with Crippen LogP contribution >= 0.6 is 0 Å². The number of aromatic nitrogens is 3. The van der Waals surface area contributed by atoms with Crippen molar-refractivity contribution in [3.05, 3.63) is 48.2 Å². The van der Waals surface area contributed by atoms with Crippen LogP contribution in [0.3, 0.4) is 0 Å². The van der Waals surface area contributed by atoms with Crippen molar-refractivity contribution in [1.82, 2.24) is 19.9 Å². The van der Waals surface area contributed by atoms with Crippen molar-refractivity contribution in [1.29, 1.82) is 0 Å². The number of fused-ring (bicyclic) bond motifs is 1. The zero-order valence-corrected chi connectivity index (χ0v) is 14.1. The van der Waals surface area contributed by atoms with Crippen molar-refractivity contribution in [3.63, 3.8) is 0 Å². The standard InChI is InChI=1S/C19H22FN5/c20-10-2-12-22-18-8-9-19-23-13-17(25(19)24-18)15-6-4-14(5-7-15)16-3-1-11-21-16/h4-9,13,16,21H,1-3,10-12H2,(H,22,24). The Morgan fingerprint density at radius 3 is 2.84 bits per heavy atom. The minimum Gasteiger partial charge on any atom is -0.369 e. The van der Waals surface area contributed by atoms with E-state index in [1.54, 1.807) is 0 Å². The Hall–Kier alpha value is -2.47. The Balaban J connectivity index is 1.60. The molecule has 0 aliphatic carbocycles. The molecule has 0 spiro atoms. The fraction of sp³-hybridized carbons (Fsp3) is 0.368. The van der Waals surface area contributed by atoms with Crippen molar-refractivity contribution < 1.29 is 4.39 Å². The van der Waals surface area contributed by atoms with Gasteiger partial charge < -0.3 is 10.6 Å². The smallest absolute Gasteiger partial charge is 0.154 e. The highest BCUT2D eigenvalue weighted by Gasteiger charge is 2.16. The predicted molar refractivity (Wildman–Crippen MR) is 97.5 cm³/mol. The molecule has 1 atom stereocenters. The Morgan fingerprint density at radius 2 is 2.08 bits per heavy atom. The first-order valence-corrected chi connectivity index (χ1v) is 8.83. The summed E-state index contributed by atoms with van der Waals surface area (Å²) in [6.07, 6.45) is 4.76. The van der Waals surface area contributed by atoms with Gasteiger partial charge in [0.1, 0.15) is 5.82 Å². The molecule has 0 bridgehead atoms. The number of benzene rings is 1. The SMILES string of the molecule is FCCCNc1ccc2ncc(-c3ccc(C4CCCN4)cc3)n2n1. The van der Waals surface area contributed by atoms with E-state index in [1.165, 1.54) is 18.4 Å². The molecule has 3 heterocycles. The summed E-state index contributed by atoms with van der Waals surface area (Å²) in [4.78, 5) is 4.43. The normalized spacial score (nSPS) is 17.2. The van der Waals surface area contributed by atoms with Gasteiger partial charge in [0.05, 0.1) is 18.6 Å². The molecule has 4 rings (SSSR count). The van der Waals surface area contributed by atoms with Crippen molar-refractivity contribution in [2.45, 2.75) is 25.3 Å². The third-order valence-corrected chi connectivity index (χ3v) is 4.65. The van der Waals surface area contributed by atoms with Crippen LogP contribution in [0, 0.1) is 0 Å². The van der Waals surface area contributed by atoms with E-state index in [1.807, 2.05) is 22.8 Å². The average Bonchev–Trinajstić information content (AvgIpc) is 3.32. The first kappa shape index (κ1) is 16.0. The van der Waals surface area contributed by atoms with Crippen LogP contribution in [0.4, 0.5) is 10.2 Å². The van der Waals surface area contributed by atoms with Gasteiger partial charge in [0.15, 0.2) is 5.65 Å². The lowest BCUT2D eigenvalue weighted by molar-refractivity contribution is 0.481. The molecular formula is C19H22FN5. The summed E-state index contributed by atoms with van der Waals surface area (Å²) in [6.45, 7) is 1.34. The maximum absolute atomic E-state index is 12.2. The summed E-state index contributed by atoms with van der Waals surface area (Å²) >= 11 is 0. The van der Waals surface area contributed by atoms with E-state index in [0.29, 0.717) is 19.0 Å². The molecule has 1 aliphatic heterocycles. The minimum absolute atomic E-state index is 0.326. The van der Waals surface area contributed by atoms with Crippen LogP contribution < -0.4 is 10.6 Å². The highest BCUT2D eigenvalue weighted by atomic mass is 19.1. The van der Waals surface area contributed by atoms with Gasteiger partial charge in [-0.2, -0.15) is 0 Å². The average molecular weight is 339 g/mol. The van der Waals surface area contributed by atoms with Crippen LogP contribution in [-0.2, 0) is 0 Å². The van der Waals surface area contributed by atoms with Gasteiger partial charge in [-0.15, -0.1) is 5.10 Å². The van der Waals surface area contributed by atoms with E-state index >= 15 is 0 Å². The minimum atomic E-state index is -0.326. The fourth-order valence-electron chi connectivity index (χ4n) is 3.30. The van der Waals surface area contributed by atoms with E-state index in [9.17, 15) is 4.39 Å². The third-order valence-electron chi connectivity index (χ3n) is 4.65. The first-order valence-electron chi connectivity index (χ1n) is 8.83. The highest BCUT2D eigenvalue weighted by Crippen LogP contribution is 2.26. The molecule has 2 N–H and O–H groups in total. The molecule has 3 aromatic rings. The van der Waals surface area contributed by atoms with E-state index in [2.05, 4.69) is 45.0 Å². The van der Waals surface area contributed by atoms with Crippen LogP contribution in [0.15, 0.2) is 42.6 Å². The molecule has 0 radical (unpaired) electrons. The van der Waals surface area contributed by atoms with Crippen molar-refractivity contribution in [2.75, 3.05) is 25.1 Å². The molecular weight excluding hydrogens is 317 g/mol. The molecule has 1 aromatic carbocycles. The van der Waals surface area contributed by atoms with Crippen LogP contribution in [0.5, 0.6) is 0 Å². The summed E-state index contributed by atoms with van der Waals surface area (Å²) in [5.41, 5.74) is 4.17. The number of nitrogens with zero attached hydrogens (tertiary/aromatic N) is 3. The molecule has 1 aliphatic rings. The van der Waals surface area contributed by atoms with E-state index in [0.717, 1.165) is 29.3 Å². The number of hydrogen-bond donors (Lipinski definition) is 2. The summed E-state index contributed by atoms with van der Waals surface area (Å²) < 4.78 is 14.1. The Kier molecular flexibility index (Phi) is 4.61. The molecule has 130 valence electrons. The molecule has 6 heteroatoms. The molecule has 0 amide bonds. The second-order valence-corrected chi connectivity index (χ2v) is 6.37. The molecule has 5 nitrogen and oxygen atoms in total. The summed E-state index contributed by atoms with van der Waals surface area (Å²) in [7, 11) is 0. The van der Waals surface area contributed by atoms with Crippen LogP contribution in [-0.4, -0.2) is 34.4 Å². The summed E-state index contributed by atoms with van der Waals surface area (Å²) in [5.74, 6) is 0.729. The molecule has 1 unspecified atom stereocenters. The number of halogens is 1. The quantitative estimate of drug-likeness (QED) is 0.674. The van der Waals surface area contributed by atoms with Crippen LogP contribution in [0.25, 0.3) is 16.9 Å².